The van der Waals surface area contributed by atoms with Crippen LogP contribution in [0.5, 0.6) is 0 Å². The summed E-state index contributed by atoms with van der Waals surface area (Å²) in [5.41, 5.74) is 0. The Hall–Kier alpha value is 0.310. The number of hydrogen-bond donors (Lipinski definition) is 1. The second-order valence-corrected chi connectivity index (χ2v) is 6.31. The van der Waals surface area contributed by atoms with E-state index in [0.29, 0.717) is 0 Å². The van der Waals surface area contributed by atoms with Gasteiger partial charge in [0.15, 0.2) is 0 Å². The van der Waals surface area contributed by atoms with Crippen molar-refractivity contribution in [1.82, 2.24) is 5.32 Å². The highest BCUT2D eigenvalue weighted by Crippen LogP contribution is 2.31. The van der Waals surface area contributed by atoms with E-state index < -0.39 is 0 Å². The van der Waals surface area contributed by atoms with Crippen molar-refractivity contribution in [3.05, 3.63) is 0 Å². The molecule has 0 aromatic rings. The molecule has 0 bridgehead atoms. The third kappa shape index (κ3) is 2.90. The summed E-state index contributed by atoms with van der Waals surface area (Å²) in [4.78, 5) is 0. The Morgan fingerprint density at radius 3 is 2.57 bits per heavy atom. The molecule has 0 spiro atoms. The number of rotatable bonds is 4. The Bertz CT molecular complexity index is 166. The van der Waals surface area contributed by atoms with Crippen molar-refractivity contribution >= 4 is 11.8 Å². The van der Waals surface area contributed by atoms with Gasteiger partial charge in [0.1, 0.15) is 0 Å². The van der Waals surface area contributed by atoms with Gasteiger partial charge in [-0.05, 0) is 37.9 Å². The third-order valence-electron chi connectivity index (χ3n) is 3.61. The maximum absolute atomic E-state index is 3.85. The van der Waals surface area contributed by atoms with Gasteiger partial charge in [0, 0.05) is 17.3 Å². The van der Waals surface area contributed by atoms with E-state index in [0.717, 1.165) is 17.3 Å². The summed E-state index contributed by atoms with van der Waals surface area (Å²) in [5, 5.41) is 4.81. The van der Waals surface area contributed by atoms with Crippen molar-refractivity contribution in [3.8, 4) is 0 Å². The summed E-state index contributed by atoms with van der Waals surface area (Å²) in [6, 6.07) is 1.72. The second kappa shape index (κ2) is 5.41. The van der Waals surface area contributed by atoms with Crippen LogP contribution in [-0.2, 0) is 0 Å². The molecule has 2 aliphatic carbocycles. The van der Waals surface area contributed by atoms with Gasteiger partial charge in [0.2, 0.25) is 0 Å². The second-order valence-electron chi connectivity index (χ2n) is 4.74. The molecular weight excluding hydrogens is 190 g/mol. The van der Waals surface area contributed by atoms with E-state index in [1.54, 1.807) is 0 Å². The van der Waals surface area contributed by atoms with Gasteiger partial charge in [-0.1, -0.05) is 19.8 Å². The van der Waals surface area contributed by atoms with E-state index >= 15 is 0 Å². The maximum atomic E-state index is 3.85. The Balaban J connectivity index is 1.67. The van der Waals surface area contributed by atoms with Crippen molar-refractivity contribution in [1.29, 1.82) is 0 Å². The number of thioether (sulfide) groups is 1. The lowest BCUT2D eigenvalue weighted by Gasteiger charge is -2.18. The minimum atomic E-state index is 0.849. The van der Waals surface area contributed by atoms with Crippen LogP contribution in [0.1, 0.15) is 51.9 Å². The average Bonchev–Trinajstić information content (AvgIpc) is 2.79. The fourth-order valence-corrected chi connectivity index (χ4v) is 4.05. The van der Waals surface area contributed by atoms with Gasteiger partial charge < -0.3 is 5.32 Å². The topological polar surface area (TPSA) is 12.0 Å². The Labute approximate surface area is 92.4 Å². The lowest BCUT2D eigenvalue weighted by molar-refractivity contribution is 0.436. The quantitative estimate of drug-likeness (QED) is 0.769. The van der Waals surface area contributed by atoms with E-state index in [1.807, 2.05) is 0 Å². The molecule has 0 radical (unpaired) electrons. The Kier molecular flexibility index (Phi) is 4.18. The maximum Gasteiger partial charge on any atom is 0.00805 e. The minimum absolute atomic E-state index is 0.849. The summed E-state index contributed by atoms with van der Waals surface area (Å²) in [6.45, 7) is 2.28. The lowest BCUT2D eigenvalue weighted by Crippen LogP contribution is -2.35. The van der Waals surface area contributed by atoms with Crippen LogP contribution in [0.3, 0.4) is 0 Å². The lowest BCUT2D eigenvalue weighted by atomic mass is 10.2. The monoisotopic (exact) mass is 213 g/mol. The van der Waals surface area contributed by atoms with E-state index in [-0.39, 0.29) is 0 Å². The zero-order valence-corrected chi connectivity index (χ0v) is 10.1. The first-order chi connectivity index (χ1) is 6.88. The van der Waals surface area contributed by atoms with Crippen LogP contribution in [0.25, 0.3) is 0 Å². The smallest absolute Gasteiger partial charge is 0.00805 e. The molecule has 2 atom stereocenters. The molecule has 2 fully saturated rings. The molecule has 2 aliphatic rings. The standard InChI is InChI=1S/C12H23NS/c1-2-14-12-8-7-11(9-12)13-10-5-3-4-6-10/h10-13H,2-9H2,1H3. The molecule has 2 unspecified atom stereocenters. The van der Waals surface area contributed by atoms with Crippen molar-refractivity contribution in [3.63, 3.8) is 0 Å². The van der Waals surface area contributed by atoms with Crippen LogP contribution in [0.4, 0.5) is 0 Å². The highest BCUT2D eigenvalue weighted by molar-refractivity contribution is 7.99. The average molecular weight is 213 g/mol. The fraction of sp³-hybridized carbons (Fsp3) is 1.00. The van der Waals surface area contributed by atoms with Crippen molar-refractivity contribution < 1.29 is 0 Å². The molecule has 82 valence electrons. The molecule has 2 saturated carbocycles. The van der Waals surface area contributed by atoms with Crippen LogP contribution in [0.2, 0.25) is 0 Å². The first-order valence-electron chi connectivity index (χ1n) is 6.26. The summed E-state index contributed by atoms with van der Waals surface area (Å²) in [7, 11) is 0. The van der Waals surface area contributed by atoms with E-state index in [1.165, 1.54) is 50.7 Å². The van der Waals surface area contributed by atoms with Gasteiger partial charge in [0.25, 0.3) is 0 Å². The van der Waals surface area contributed by atoms with Gasteiger partial charge in [-0.2, -0.15) is 11.8 Å². The first kappa shape index (κ1) is 10.8. The number of hydrogen-bond acceptors (Lipinski definition) is 2. The summed E-state index contributed by atoms with van der Waals surface area (Å²) in [6.07, 6.45) is 10.1. The zero-order chi connectivity index (χ0) is 9.80. The molecule has 0 aromatic carbocycles. The minimum Gasteiger partial charge on any atom is -0.311 e. The van der Waals surface area contributed by atoms with E-state index in [4.69, 9.17) is 0 Å². The molecule has 0 aliphatic heterocycles. The van der Waals surface area contributed by atoms with E-state index in [9.17, 15) is 0 Å². The van der Waals surface area contributed by atoms with Gasteiger partial charge in [0.05, 0.1) is 0 Å². The molecule has 2 heteroatoms. The predicted octanol–water partition coefficient (Wildman–Crippen LogP) is 3.19. The highest BCUT2D eigenvalue weighted by Gasteiger charge is 2.27. The van der Waals surface area contributed by atoms with Gasteiger partial charge in [-0.3, -0.25) is 0 Å². The number of nitrogens with one attached hydrogen (secondary N) is 1. The van der Waals surface area contributed by atoms with Crippen LogP contribution in [0, 0.1) is 0 Å². The molecular formula is C12H23NS. The molecule has 0 heterocycles. The highest BCUT2D eigenvalue weighted by atomic mass is 32.2. The molecule has 0 amide bonds. The predicted molar refractivity (Wildman–Crippen MR) is 65.0 cm³/mol. The molecule has 1 N–H and O–H groups in total. The molecule has 2 rings (SSSR count). The summed E-state index contributed by atoms with van der Waals surface area (Å²) >= 11 is 2.16. The van der Waals surface area contributed by atoms with Gasteiger partial charge in [-0.25, -0.2) is 0 Å². The largest absolute Gasteiger partial charge is 0.311 e. The summed E-state index contributed by atoms with van der Waals surface area (Å²) in [5.74, 6) is 1.29. The third-order valence-corrected chi connectivity index (χ3v) is 4.85. The fourth-order valence-electron chi connectivity index (χ4n) is 2.90. The van der Waals surface area contributed by atoms with Gasteiger partial charge >= 0.3 is 0 Å². The Morgan fingerprint density at radius 2 is 1.86 bits per heavy atom. The zero-order valence-electron chi connectivity index (χ0n) is 9.30. The molecule has 0 saturated heterocycles. The van der Waals surface area contributed by atoms with Crippen LogP contribution >= 0.6 is 11.8 Å². The Morgan fingerprint density at radius 1 is 1.07 bits per heavy atom. The van der Waals surface area contributed by atoms with E-state index in [2.05, 4.69) is 24.0 Å². The van der Waals surface area contributed by atoms with Crippen molar-refractivity contribution in [2.75, 3.05) is 5.75 Å². The first-order valence-corrected chi connectivity index (χ1v) is 7.31. The van der Waals surface area contributed by atoms with Crippen LogP contribution in [0.15, 0.2) is 0 Å². The van der Waals surface area contributed by atoms with Crippen molar-refractivity contribution in [2.24, 2.45) is 0 Å². The normalized spacial score (nSPS) is 34.1. The summed E-state index contributed by atoms with van der Waals surface area (Å²) < 4.78 is 0. The molecule has 1 nitrogen and oxygen atoms in total. The molecule has 14 heavy (non-hydrogen) atoms. The molecule has 0 aromatic heterocycles. The van der Waals surface area contributed by atoms with Crippen LogP contribution in [-0.4, -0.2) is 23.1 Å². The van der Waals surface area contributed by atoms with Crippen molar-refractivity contribution in [2.45, 2.75) is 69.2 Å². The van der Waals surface area contributed by atoms with Crippen LogP contribution < -0.4 is 5.32 Å². The van der Waals surface area contributed by atoms with Gasteiger partial charge in [-0.15, -0.1) is 0 Å². The SMILES string of the molecule is CCSC1CCC(NC2CCCC2)C1.